The molecule has 0 atom stereocenters. The van der Waals surface area contributed by atoms with Crippen molar-refractivity contribution in [1.82, 2.24) is 14.8 Å². The molecule has 0 bridgehead atoms. The first-order chi connectivity index (χ1) is 9.21. The molecule has 5 nitrogen and oxygen atoms in total. The van der Waals surface area contributed by atoms with E-state index >= 15 is 0 Å². The summed E-state index contributed by atoms with van der Waals surface area (Å²) in [5.74, 6) is 1.56. The summed E-state index contributed by atoms with van der Waals surface area (Å²) >= 11 is 0. The van der Waals surface area contributed by atoms with E-state index in [2.05, 4.69) is 17.0 Å². The molecule has 0 aromatic carbocycles. The predicted octanol–water partition coefficient (Wildman–Crippen LogP) is 2.58. The van der Waals surface area contributed by atoms with Crippen LogP contribution in [0.1, 0.15) is 24.7 Å². The standard InChI is InChI=1S/C14H19N3O2/c1-4-5-17-9-14(8-15-17)19-10-12-7-13(18-3)6-11(2)16-12/h6-9H,4-5,10H2,1-3H3. The van der Waals surface area contributed by atoms with Gasteiger partial charge in [0.2, 0.25) is 0 Å². The molecule has 0 aliphatic heterocycles. The van der Waals surface area contributed by atoms with Gasteiger partial charge in [0.25, 0.3) is 0 Å². The van der Waals surface area contributed by atoms with Crippen LogP contribution in [0.5, 0.6) is 11.5 Å². The number of aromatic nitrogens is 3. The van der Waals surface area contributed by atoms with E-state index in [4.69, 9.17) is 9.47 Å². The summed E-state index contributed by atoms with van der Waals surface area (Å²) in [5.41, 5.74) is 1.76. The highest BCUT2D eigenvalue weighted by atomic mass is 16.5. The summed E-state index contributed by atoms with van der Waals surface area (Å²) < 4.78 is 12.8. The fraction of sp³-hybridized carbons (Fsp3) is 0.429. The smallest absolute Gasteiger partial charge is 0.157 e. The monoisotopic (exact) mass is 261 g/mol. The third kappa shape index (κ3) is 3.71. The number of rotatable bonds is 6. The molecule has 102 valence electrons. The molecule has 0 unspecified atom stereocenters. The number of nitrogens with zero attached hydrogens (tertiary/aromatic N) is 3. The molecule has 2 heterocycles. The topological polar surface area (TPSA) is 49.2 Å². The SMILES string of the molecule is CCCn1cc(OCc2cc(OC)cc(C)n2)cn1. The lowest BCUT2D eigenvalue weighted by molar-refractivity contribution is 0.299. The van der Waals surface area contributed by atoms with Gasteiger partial charge in [-0.25, -0.2) is 0 Å². The highest BCUT2D eigenvalue weighted by Crippen LogP contribution is 2.16. The van der Waals surface area contributed by atoms with E-state index in [1.165, 1.54) is 0 Å². The number of methoxy groups -OCH3 is 1. The van der Waals surface area contributed by atoms with Gasteiger partial charge in [-0.05, 0) is 13.3 Å². The Labute approximate surface area is 113 Å². The van der Waals surface area contributed by atoms with Crippen molar-refractivity contribution in [2.24, 2.45) is 0 Å². The molecule has 0 radical (unpaired) electrons. The van der Waals surface area contributed by atoms with E-state index < -0.39 is 0 Å². The Morgan fingerprint density at radius 3 is 2.84 bits per heavy atom. The third-order valence-electron chi connectivity index (χ3n) is 2.66. The van der Waals surface area contributed by atoms with E-state index in [-0.39, 0.29) is 0 Å². The van der Waals surface area contributed by atoms with Crippen LogP contribution in [0.25, 0.3) is 0 Å². The highest BCUT2D eigenvalue weighted by molar-refractivity contribution is 5.26. The zero-order chi connectivity index (χ0) is 13.7. The molecule has 2 rings (SSSR count). The van der Waals surface area contributed by atoms with Crippen LogP contribution in [-0.2, 0) is 13.2 Å². The summed E-state index contributed by atoms with van der Waals surface area (Å²) in [5, 5.41) is 4.22. The molecular formula is C14H19N3O2. The first kappa shape index (κ1) is 13.4. The summed E-state index contributed by atoms with van der Waals surface area (Å²) in [6.07, 6.45) is 4.68. The maximum atomic E-state index is 5.67. The van der Waals surface area contributed by atoms with E-state index in [9.17, 15) is 0 Å². The Hall–Kier alpha value is -2.04. The normalized spacial score (nSPS) is 10.5. The van der Waals surface area contributed by atoms with Crippen LogP contribution in [0.15, 0.2) is 24.5 Å². The molecule has 2 aromatic heterocycles. The third-order valence-corrected chi connectivity index (χ3v) is 2.66. The largest absolute Gasteiger partial charge is 0.497 e. The first-order valence-corrected chi connectivity index (χ1v) is 6.38. The minimum Gasteiger partial charge on any atom is -0.497 e. The molecule has 0 spiro atoms. The maximum Gasteiger partial charge on any atom is 0.157 e. The summed E-state index contributed by atoms with van der Waals surface area (Å²) in [6, 6.07) is 3.77. The molecule has 0 saturated heterocycles. The lowest BCUT2D eigenvalue weighted by atomic mass is 10.3. The van der Waals surface area contributed by atoms with Gasteiger partial charge in [-0.2, -0.15) is 5.10 Å². The minimum absolute atomic E-state index is 0.413. The molecule has 0 aliphatic rings. The number of pyridine rings is 1. The fourth-order valence-electron chi connectivity index (χ4n) is 1.82. The number of aryl methyl sites for hydroxylation is 2. The lowest BCUT2D eigenvalue weighted by Gasteiger charge is -2.06. The van der Waals surface area contributed by atoms with Crippen LogP contribution in [0.2, 0.25) is 0 Å². The van der Waals surface area contributed by atoms with Crippen molar-refractivity contribution >= 4 is 0 Å². The van der Waals surface area contributed by atoms with Crippen LogP contribution in [0.4, 0.5) is 0 Å². The summed E-state index contributed by atoms with van der Waals surface area (Å²) in [7, 11) is 1.65. The zero-order valence-electron chi connectivity index (χ0n) is 11.6. The molecule has 2 aromatic rings. The fourth-order valence-corrected chi connectivity index (χ4v) is 1.82. The number of ether oxygens (including phenoxy) is 2. The summed E-state index contributed by atoms with van der Waals surface area (Å²) in [6.45, 7) is 5.37. The van der Waals surface area contributed by atoms with Gasteiger partial charge in [-0.1, -0.05) is 6.92 Å². The van der Waals surface area contributed by atoms with Gasteiger partial charge < -0.3 is 9.47 Å². The second-order valence-corrected chi connectivity index (χ2v) is 4.37. The van der Waals surface area contributed by atoms with Crippen molar-refractivity contribution in [3.8, 4) is 11.5 Å². The average Bonchev–Trinajstić information content (AvgIpc) is 2.84. The molecule has 0 amide bonds. The summed E-state index contributed by atoms with van der Waals surface area (Å²) in [4.78, 5) is 4.41. The Morgan fingerprint density at radius 1 is 1.26 bits per heavy atom. The van der Waals surface area contributed by atoms with Gasteiger partial charge in [-0.3, -0.25) is 9.67 Å². The number of hydrogen-bond donors (Lipinski definition) is 0. The van der Waals surface area contributed by atoms with Crippen LogP contribution >= 0.6 is 0 Å². The zero-order valence-corrected chi connectivity index (χ0v) is 11.6. The van der Waals surface area contributed by atoms with Gasteiger partial charge in [0.1, 0.15) is 12.4 Å². The van der Waals surface area contributed by atoms with Crippen molar-refractivity contribution in [3.63, 3.8) is 0 Å². The molecule has 0 N–H and O–H groups in total. The van der Waals surface area contributed by atoms with Crippen molar-refractivity contribution < 1.29 is 9.47 Å². The van der Waals surface area contributed by atoms with Crippen LogP contribution < -0.4 is 9.47 Å². The van der Waals surface area contributed by atoms with Gasteiger partial charge in [0, 0.05) is 24.4 Å². The average molecular weight is 261 g/mol. The van der Waals surface area contributed by atoms with E-state index in [1.54, 1.807) is 13.3 Å². The maximum absolute atomic E-state index is 5.67. The van der Waals surface area contributed by atoms with E-state index in [1.807, 2.05) is 29.9 Å². The van der Waals surface area contributed by atoms with Crippen LogP contribution in [-0.4, -0.2) is 21.9 Å². The predicted molar refractivity (Wildman–Crippen MR) is 72.4 cm³/mol. The lowest BCUT2D eigenvalue weighted by Crippen LogP contribution is -2.00. The second kappa shape index (κ2) is 6.22. The van der Waals surface area contributed by atoms with Crippen molar-refractivity contribution in [1.29, 1.82) is 0 Å². The van der Waals surface area contributed by atoms with Crippen molar-refractivity contribution in [2.45, 2.75) is 33.4 Å². The molecule has 5 heteroatoms. The minimum atomic E-state index is 0.413. The Morgan fingerprint density at radius 2 is 2.11 bits per heavy atom. The first-order valence-electron chi connectivity index (χ1n) is 6.38. The molecule has 0 aliphatic carbocycles. The van der Waals surface area contributed by atoms with Crippen molar-refractivity contribution in [2.75, 3.05) is 7.11 Å². The Kier molecular flexibility index (Phi) is 4.39. The Bertz CT molecular complexity index is 537. The molecular weight excluding hydrogens is 242 g/mol. The van der Waals surface area contributed by atoms with Crippen LogP contribution in [0, 0.1) is 6.92 Å². The Balaban J connectivity index is 1.99. The van der Waals surface area contributed by atoms with Gasteiger partial charge in [0.15, 0.2) is 5.75 Å². The van der Waals surface area contributed by atoms with Gasteiger partial charge in [0.05, 0.1) is 25.2 Å². The molecule has 0 saturated carbocycles. The number of hydrogen-bond acceptors (Lipinski definition) is 4. The van der Waals surface area contributed by atoms with Crippen LogP contribution in [0.3, 0.4) is 0 Å². The molecule has 19 heavy (non-hydrogen) atoms. The van der Waals surface area contributed by atoms with Crippen molar-refractivity contribution in [3.05, 3.63) is 35.9 Å². The van der Waals surface area contributed by atoms with Gasteiger partial charge >= 0.3 is 0 Å². The second-order valence-electron chi connectivity index (χ2n) is 4.37. The quantitative estimate of drug-likeness (QED) is 0.802. The van der Waals surface area contributed by atoms with E-state index in [0.29, 0.717) is 6.61 Å². The highest BCUT2D eigenvalue weighted by Gasteiger charge is 2.03. The van der Waals surface area contributed by atoms with Gasteiger partial charge in [-0.15, -0.1) is 0 Å². The van der Waals surface area contributed by atoms with E-state index in [0.717, 1.165) is 35.9 Å². The molecule has 0 fully saturated rings.